The Balaban J connectivity index is 1.26. The Bertz CT molecular complexity index is 853. The van der Waals surface area contributed by atoms with Gasteiger partial charge >= 0.3 is 0 Å². The summed E-state index contributed by atoms with van der Waals surface area (Å²) in [6.07, 6.45) is 4.49. The van der Waals surface area contributed by atoms with Crippen molar-refractivity contribution in [3.8, 4) is 5.75 Å². The molecule has 4 rings (SSSR count). The van der Waals surface area contributed by atoms with Crippen LogP contribution in [-0.4, -0.2) is 76.9 Å². The molecule has 0 unspecified atom stereocenters. The van der Waals surface area contributed by atoms with E-state index in [4.69, 9.17) is 11.6 Å². The van der Waals surface area contributed by atoms with Gasteiger partial charge in [-0.2, -0.15) is 0 Å². The number of carbonyl (C=O) groups excluding carboxylic acids is 2. The Morgan fingerprint density at radius 1 is 1.20 bits per heavy atom. The van der Waals surface area contributed by atoms with Crippen LogP contribution in [0.25, 0.3) is 0 Å². The third kappa shape index (κ3) is 4.21. The lowest BCUT2D eigenvalue weighted by Crippen LogP contribution is -2.64. The summed E-state index contributed by atoms with van der Waals surface area (Å²) >= 11 is 6.33. The highest BCUT2D eigenvalue weighted by Gasteiger charge is 2.41. The van der Waals surface area contributed by atoms with Crippen molar-refractivity contribution in [2.75, 3.05) is 39.3 Å². The second-order valence-corrected chi connectivity index (χ2v) is 9.45. The van der Waals surface area contributed by atoms with Gasteiger partial charge in [0.05, 0.1) is 0 Å². The zero-order valence-corrected chi connectivity index (χ0v) is 18.3. The Labute approximate surface area is 183 Å². The molecule has 0 radical (unpaired) electrons. The van der Waals surface area contributed by atoms with Crippen LogP contribution in [0, 0.1) is 0 Å². The molecule has 2 amide bonds. The second kappa shape index (κ2) is 8.23. The highest BCUT2D eigenvalue weighted by Crippen LogP contribution is 2.51. The minimum atomic E-state index is -0.00986. The number of nitrogens with zero attached hydrogens (tertiary/aromatic N) is 3. The number of hydrogen-bond donors (Lipinski definition) is 1. The summed E-state index contributed by atoms with van der Waals surface area (Å²) in [7, 11) is 0. The van der Waals surface area contributed by atoms with Gasteiger partial charge in [-0.1, -0.05) is 31.2 Å². The molecule has 3 aliphatic rings. The number of aromatic hydroxyl groups is 1. The SMILES string of the molecule is C=CC(=O)N1CC(N2CCN(C(=O)CCc3cc(C4(C)CC4)c(Cl)cc3O)CC2)C1. The molecule has 2 aliphatic heterocycles. The first-order valence-corrected chi connectivity index (χ1v) is 11.1. The zero-order chi connectivity index (χ0) is 21.5. The van der Waals surface area contributed by atoms with Crippen molar-refractivity contribution in [2.45, 2.75) is 44.1 Å². The maximum absolute atomic E-state index is 12.7. The number of rotatable bonds is 6. The Kier molecular flexibility index (Phi) is 5.82. The lowest BCUT2D eigenvalue weighted by Gasteiger charge is -2.47. The van der Waals surface area contributed by atoms with Crippen LogP contribution in [0.2, 0.25) is 5.02 Å². The predicted molar refractivity (Wildman–Crippen MR) is 117 cm³/mol. The minimum absolute atomic E-state index is 0.00986. The van der Waals surface area contributed by atoms with Crippen LogP contribution in [0.1, 0.15) is 37.3 Å². The standard InChI is InChI=1S/C23H30ClN3O3/c1-3-21(29)27-14-17(15-27)25-8-10-26(11-9-25)22(30)5-4-16-12-18(23(2)6-7-23)19(24)13-20(16)28/h3,12-13,17,28H,1,4-11,14-15H2,2H3. The first-order chi connectivity index (χ1) is 14.3. The number of likely N-dealkylation sites (tertiary alicyclic amines) is 1. The van der Waals surface area contributed by atoms with Crippen LogP contribution in [0.5, 0.6) is 5.75 Å². The zero-order valence-electron chi connectivity index (χ0n) is 17.6. The van der Waals surface area contributed by atoms with E-state index in [0.29, 0.717) is 37.0 Å². The van der Waals surface area contributed by atoms with E-state index in [9.17, 15) is 14.7 Å². The summed E-state index contributed by atoms with van der Waals surface area (Å²) in [6.45, 7) is 10.3. The average Bonchev–Trinajstić information content (AvgIpc) is 3.44. The highest BCUT2D eigenvalue weighted by atomic mass is 35.5. The van der Waals surface area contributed by atoms with Gasteiger partial charge in [-0.15, -0.1) is 0 Å². The van der Waals surface area contributed by atoms with Crippen molar-refractivity contribution in [1.29, 1.82) is 0 Å². The fourth-order valence-electron chi connectivity index (χ4n) is 4.46. The Morgan fingerprint density at radius 3 is 2.47 bits per heavy atom. The smallest absolute Gasteiger partial charge is 0.246 e. The van der Waals surface area contributed by atoms with Gasteiger partial charge in [0.1, 0.15) is 5.75 Å². The molecular weight excluding hydrogens is 402 g/mol. The number of phenolic OH excluding ortho intramolecular Hbond substituents is 1. The van der Waals surface area contributed by atoms with E-state index < -0.39 is 0 Å². The molecule has 162 valence electrons. The number of carbonyl (C=O) groups is 2. The lowest BCUT2D eigenvalue weighted by molar-refractivity contribution is -0.136. The third-order valence-electron chi connectivity index (χ3n) is 6.96. The summed E-state index contributed by atoms with van der Waals surface area (Å²) < 4.78 is 0. The monoisotopic (exact) mass is 431 g/mol. The molecule has 0 spiro atoms. The first-order valence-electron chi connectivity index (χ1n) is 10.8. The molecule has 0 bridgehead atoms. The van der Waals surface area contributed by atoms with Gasteiger partial charge in [0.25, 0.3) is 0 Å². The molecule has 30 heavy (non-hydrogen) atoms. The Hall–Kier alpha value is -2.05. The van der Waals surface area contributed by atoms with E-state index in [1.165, 1.54) is 6.08 Å². The van der Waals surface area contributed by atoms with Crippen LogP contribution >= 0.6 is 11.6 Å². The van der Waals surface area contributed by atoms with Crippen molar-refractivity contribution in [1.82, 2.24) is 14.7 Å². The summed E-state index contributed by atoms with van der Waals surface area (Å²) in [4.78, 5) is 30.4. The van der Waals surface area contributed by atoms with Crippen molar-refractivity contribution in [3.63, 3.8) is 0 Å². The van der Waals surface area contributed by atoms with Crippen molar-refractivity contribution in [3.05, 3.63) is 40.9 Å². The van der Waals surface area contributed by atoms with Gasteiger partial charge in [0.15, 0.2) is 0 Å². The molecule has 1 aromatic carbocycles. The molecule has 0 aromatic heterocycles. The predicted octanol–water partition coefficient (Wildman–Crippen LogP) is 2.57. The van der Waals surface area contributed by atoms with Crippen molar-refractivity contribution >= 4 is 23.4 Å². The fourth-order valence-corrected chi connectivity index (χ4v) is 4.84. The van der Waals surface area contributed by atoms with Gasteiger partial charge in [-0.3, -0.25) is 14.5 Å². The number of amides is 2. The van der Waals surface area contributed by atoms with Crippen LogP contribution in [0.15, 0.2) is 24.8 Å². The third-order valence-corrected chi connectivity index (χ3v) is 7.27. The second-order valence-electron chi connectivity index (χ2n) is 9.04. The maximum atomic E-state index is 12.7. The van der Waals surface area contributed by atoms with Crippen LogP contribution in [0.4, 0.5) is 0 Å². The van der Waals surface area contributed by atoms with Crippen LogP contribution in [0.3, 0.4) is 0 Å². The number of hydrogen-bond acceptors (Lipinski definition) is 4. The van der Waals surface area contributed by atoms with E-state index in [1.807, 2.05) is 11.0 Å². The van der Waals surface area contributed by atoms with Gasteiger partial charge in [-0.05, 0) is 47.9 Å². The quantitative estimate of drug-likeness (QED) is 0.703. The van der Waals surface area contributed by atoms with E-state index in [1.54, 1.807) is 11.0 Å². The molecule has 1 N–H and O–H groups in total. The van der Waals surface area contributed by atoms with Crippen LogP contribution < -0.4 is 0 Å². The van der Waals surface area contributed by atoms with Crippen molar-refractivity contribution < 1.29 is 14.7 Å². The molecule has 7 heteroatoms. The molecule has 2 heterocycles. The van der Waals surface area contributed by atoms with E-state index >= 15 is 0 Å². The molecular formula is C23H30ClN3O3. The average molecular weight is 432 g/mol. The maximum Gasteiger partial charge on any atom is 0.246 e. The molecule has 1 aromatic rings. The van der Waals surface area contributed by atoms with Gasteiger partial charge in [-0.25, -0.2) is 0 Å². The molecule has 1 saturated carbocycles. The topological polar surface area (TPSA) is 64.1 Å². The molecule has 2 saturated heterocycles. The van der Waals surface area contributed by atoms with E-state index in [-0.39, 0.29) is 23.0 Å². The van der Waals surface area contributed by atoms with Gasteiger partial charge in [0, 0.05) is 56.8 Å². The summed E-state index contributed by atoms with van der Waals surface area (Å²) in [5.74, 6) is 0.291. The first kappa shape index (κ1) is 21.2. The molecule has 3 fully saturated rings. The number of aryl methyl sites for hydroxylation is 1. The molecule has 1 aliphatic carbocycles. The number of phenols is 1. The van der Waals surface area contributed by atoms with Crippen molar-refractivity contribution in [2.24, 2.45) is 0 Å². The molecule has 0 atom stereocenters. The fraction of sp³-hybridized carbons (Fsp3) is 0.565. The van der Waals surface area contributed by atoms with E-state index in [2.05, 4.69) is 18.4 Å². The number of piperazine rings is 1. The van der Waals surface area contributed by atoms with Crippen LogP contribution in [-0.2, 0) is 21.4 Å². The minimum Gasteiger partial charge on any atom is -0.508 e. The van der Waals surface area contributed by atoms with E-state index in [0.717, 1.165) is 50.1 Å². The normalized spacial score (nSPS) is 21.3. The molecule has 6 nitrogen and oxygen atoms in total. The lowest BCUT2D eigenvalue weighted by atomic mass is 9.94. The number of halogens is 1. The van der Waals surface area contributed by atoms with Gasteiger partial charge in [0.2, 0.25) is 11.8 Å². The summed E-state index contributed by atoms with van der Waals surface area (Å²) in [5, 5.41) is 10.9. The summed E-state index contributed by atoms with van der Waals surface area (Å²) in [6, 6.07) is 4.00. The largest absolute Gasteiger partial charge is 0.508 e. The van der Waals surface area contributed by atoms with Gasteiger partial charge < -0.3 is 14.9 Å². The number of benzene rings is 1. The highest BCUT2D eigenvalue weighted by molar-refractivity contribution is 6.31. The summed E-state index contributed by atoms with van der Waals surface area (Å²) in [5.41, 5.74) is 2.01. The Morgan fingerprint density at radius 2 is 1.87 bits per heavy atom.